The minimum atomic E-state index is -1.30. The molecule has 90 valence electrons. The molecule has 7 heteroatoms. The highest BCUT2D eigenvalue weighted by atomic mass is 16.5. The van der Waals surface area contributed by atoms with E-state index in [0.29, 0.717) is 0 Å². The Morgan fingerprint density at radius 1 is 1.69 bits per heavy atom. The van der Waals surface area contributed by atoms with E-state index in [9.17, 15) is 14.8 Å². The Morgan fingerprint density at radius 3 is 2.69 bits per heavy atom. The molecule has 1 aliphatic rings. The lowest BCUT2D eigenvalue weighted by molar-refractivity contribution is -0.159. The average Bonchev–Trinajstić information content (AvgIpc) is 2.44. The zero-order chi connectivity index (χ0) is 12.5. The molecule has 16 heavy (non-hydrogen) atoms. The van der Waals surface area contributed by atoms with Crippen LogP contribution in [0, 0.1) is 0 Å². The Morgan fingerprint density at radius 2 is 2.25 bits per heavy atom. The van der Waals surface area contributed by atoms with E-state index >= 15 is 0 Å². The number of nitrogens with zero attached hydrogens (tertiary/aromatic N) is 3. The van der Waals surface area contributed by atoms with Gasteiger partial charge < -0.3 is 9.94 Å². The van der Waals surface area contributed by atoms with Crippen LogP contribution in [0.1, 0.15) is 13.3 Å². The summed E-state index contributed by atoms with van der Waals surface area (Å²) in [7, 11) is 4.06. The van der Waals surface area contributed by atoms with Gasteiger partial charge in [-0.3, -0.25) is 9.59 Å². The fourth-order valence-electron chi connectivity index (χ4n) is 1.50. The van der Waals surface area contributed by atoms with E-state index < -0.39 is 17.4 Å². The highest BCUT2D eigenvalue weighted by Crippen LogP contribution is 2.25. The summed E-state index contributed by atoms with van der Waals surface area (Å²) in [5, 5.41) is 15.3. The van der Waals surface area contributed by atoms with Crippen molar-refractivity contribution in [1.82, 2.24) is 10.1 Å². The number of methoxy groups -OCH3 is 1. The highest BCUT2D eigenvalue weighted by molar-refractivity contribution is 6.19. The third-order valence-corrected chi connectivity index (χ3v) is 2.73. The lowest BCUT2D eigenvalue weighted by atomic mass is 9.93. The van der Waals surface area contributed by atoms with Crippen LogP contribution in [0.3, 0.4) is 0 Å². The Balaban J connectivity index is 3.01. The molecule has 0 saturated heterocycles. The number of hydroxylamine groups is 2. The highest BCUT2D eigenvalue weighted by Gasteiger charge is 2.49. The van der Waals surface area contributed by atoms with Gasteiger partial charge in [0, 0.05) is 14.1 Å². The number of carbonyl (C=O) groups is 2. The van der Waals surface area contributed by atoms with Crippen LogP contribution in [-0.2, 0) is 14.3 Å². The molecule has 0 radical (unpaired) electrons. The van der Waals surface area contributed by atoms with Gasteiger partial charge in [0.05, 0.1) is 19.2 Å². The van der Waals surface area contributed by atoms with E-state index in [1.54, 1.807) is 0 Å². The van der Waals surface area contributed by atoms with E-state index in [1.165, 1.54) is 28.1 Å². The van der Waals surface area contributed by atoms with Crippen LogP contribution >= 0.6 is 0 Å². The van der Waals surface area contributed by atoms with E-state index in [-0.39, 0.29) is 12.1 Å². The zero-order valence-electron chi connectivity index (χ0n) is 9.72. The van der Waals surface area contributed by atoms with E-state index in [2.05, 4.69) is 9.84 Å². The van der Waals surface area contributed by atoms with Crippen molar-refractivity contribution >= 4 is 17.6 Å². The van der Waals surface area contributed by atoms with Crippen molar-refractivity contribution < 1.29 is 19.5 Å². The second kappa shape index (κ2) is 4.18. The first-order valence-corrected chi connectivity index (χ1v) is 4.69. The lowest BCUT2D eigenvalue weighted by Crippen LogP contribution is -2.54. The summed E-state index contributed by atoms with van der Waals surface area (Å²) in [4.78, 5) is 23.0. The zero-order valence-corrected chi connectivity index (χ0v) is 9.72. The first-order chi connectivity index (χ1) is 7.33. The average molecular weight is 229 g/mol. The van der Waals surface area contributed by atoms with E-state index in [0.717, 1.165) is 10.1 Å². The Kier molecular flexibility index (Phi) is 3.30. The van der Waals surface area contributed by atoms with Gasteiger partial charge in [0.1, 0.15) is 0 Å². The van der Waals surface area contributed by atoms with Crippen LogP contribution in [0.15, 0.2) is 5.10 Å². The molecule has 1 heterocycles. The van der Waals surface area contributed by atoms with Gasteiger partial charge in [-0.05, 0) is 6.92 Å². The molecule has 0 bridgehead atoms. The fourth-order valence-corrected chi connectivity index (χ4v) is 1.50. The number of likely N-dealkylation sites (N-methyl/N-ethyl adjacent to an activating group) is 2. The van der Waals surface area contributed by atoms with Gasteiger partial charge in [-0.1, -0.05) is 0 Å². The molecule has 0 aromatic carbocycles. The molecule has 0 aromatic rings. The van der Waals surface area contributed by atoms with Crippen LogP contribution in [0.25, 0.3) is 0 Å². The van der Waals surface area contributed by atoms with Crippen molar-refractivity contribution in [3.05, 3.63) is 0 Å². The predicted molar refractivity (Wildman–Crippen MR) is 54.8 cm³/mol. The van der Waals surface area contributed by atoms with Crippen LogP contribution in [-0.4, -0.2) is 59.6 Å². The fraction of sp³-hybridized carbons (Fsp3) is 0.667. The number of esters is 1. The van der Waals surface area contributed by atoms with Crippen LogP contribution in [0.2, 0.25) is 0 Å². The number of hydrogen-bond acceptors (Lipinski definition) is 6. The Bertz CT molecular complexity index is 353. The van der Waals surface area contributed by atoms with Gasteiger partial charge >= 0.3 is 5.97 Å². The molecular weight excluding hydrogens is 214 g/mol. The normalized spacial score (nSPS) is 25.0. The van der Waals surface area contributed by atoms with Crippen LogP contribution in [0.5, 0.6) is 0 Å². The molecular formula is C9H15N3O4. The van der Waals surface area contributed by atoms with Gasteiger partial charge in [0.2, 0.25) is 0 Å². The molecule has 1 amide bonds. The Labute approximate surface area is 93.2 Å². The third-order valence-electron chi connectivity index (χ3n) is 2.73. The van der Waals surface area contributed by atoms with Crippen molar-refractivity contribution in [2.24, 2.45) is 5.10 Å². The summed E-state index contributed by atoms with van der Waals surface area (Å²) >= 11 is 0. The summed E-state index contributed by atoms with van der Waals surface area (Å²) < 4.78 is 4.51. The molecule has 0 saturated carbocycles. The minimum absolute atomic E-state index is 0.131. The molecule has 0 fully saturated rings. The van der Waals surface area contributed by atoms with Gasteiger partial charge in [-0.2, -0.15) is 10.2 Å². The molecule has 7 nitrogen and oxygen atoms in total. The van der Waals surface area contributed by atoms with Gasteiger partial charge in [-0.25, -0.2) is 5.01 Å². The summed E-state index contributed by atoms with van der Waals surface area (Å²) in [6.07, 6.45) is -0.131. The monoisotopic (exact) mass is 229 g/mol. The minimum Gasteiger partial charge on any atom is -0.469 e. The molecule has 0 aromatic heterocycles. The summed E-state index contributed by atoms with van der Waals surface area (Å²) in [5.41, 5.74) is -1.04. The topological polar surface area (TPSA) is 82.4 Å². The number of hydrogen-bond donors (Lipinski definition) is 1. The molecule has 0 spiro atoms. The molecule has 1 rings (SSSR count). The van der Waals surface area contributed by atoms with Crippen molar-refractivity contribution in [1.29, 1.82) is 0 Å². The molecule has 1 aliphatic heterocycles. The lowest BCUT2D eigenvalue weighted by Gasteiger charge is -2.28. The Hall–Kier alpha value is -1.47. The smallest absolute Gasteiger partial charge is 0.311 e. The summed E-state index contributed by atoms with van der Waals surface area (Å²) in [6, 6.07) is 0. The second-order valence-corrected chi connectivity index (χ2v) is 3.72. The molecule has 1 unspecified atom stereocenters. The van der Waals surface area contributed by atoms with Crippen molar-refractivity contribution in [2.75, 3.05) is 21.2 Å². The van der Waals surface area contributed by atoms with Gasteiger partial charge in [0.25, 0.3) is 5.91 Å². The number of ether oxygens (including phenoxy) is 1. The standard InChI is InChI=1S/C9H15N3O4/c1-9(12(3)15)6(5-7(13)16-4)10-11(2)8(9)14/h15H,5H2,1-4H3. The van der Waals surface area contributed by atoms with Gasteiger partial charge in [-0.15, -0.1) is 0 Å². The van der Waals surface area contributed by atoms with Crippen LogP contribution in [0.4, 0.5) is 0 Å². The largest absolute Gasteiger partial charge is 0.469 e. The summed E-state index contributed by atoms with van der Waals surface area (Å²) in [5.74, 6) is -0.897. The number of amides is 1. The number of hydrazone groups is 1. The number of rotatable bonds is 3. The SMILES string of the molecule is COC(=O)CC1=NN(C)C(=O)C1(C)N(C)O. The first-order valence-electron chi connectivity index (χ1n) is 4.69. The maximum atomic E-state index is 11.8. The molecule has 0 aliphatic carbocycles. The van der Waals surface area contributed by atoms with Crippen molar-refractivity contribution in [3.63, 3.8) is 0 Å². The van der Waals surface area contributed by atoms with E-state index in [1.807, 2.05) is 0 Å². The van der Waals surface area contributed by atoms with E-state index in [4.69, 9.17) is 0 Å². The maximum Gasteiger partial charge on any atom is 0.311 e. The molecule has 1 N–H and O–H groups in total. The van der Waals surface area contributed by atoms with Crippen LogP contribution < -0.4 is 0 Å². The number of carbonyl (C=O) groups excluding carboxylic acids is 2. The van der Waals surface area contributed by atoms with Crippen molar-refractivity contribution in [2.45, 2.75) is 18.9 Å². The predicted octanol–water partition coefficient (Wildman–Crippen LogP) is -0.543. The molecule has 1 atom stereocenters. The quantitative estimate of drug-likeness (QED) is 0.519. The second-order valence-electron chi connectivity index (χ2n) is 3.72. The van der Waals surface area contributed by atoms with Crippen molar-refractivity contribution in [3.8, 4) is 0 Å². The third kappa shape index (κ3) is 1.79. The maximum absolute atomic E-state index is 11.8. The van der Waals surface area contributed by atoms with Gasteiger partial charge in [0.15, 0.2) is 5.54 Å². The summed E-state index contributed by atoms with van der Waals surface area (Å²) in [6.45, 7) is 1.50. The first kappa shape index (κ1) is 12.6.